The second-order valence-corrected chi connectivity index (χ2v) is 11.8. The van der Waals surface area contributed by atoms with E-state index in [1.165, 1.54) is 23.2 Å². The summed E-state index contributed by atoms with van der Waals surface area (Å²) < 4.78 is 35.4. The lowest BCUT2D eigenvalue weighted by Crippen LogP contribution is -2.35. The first-order valence-electron chi connectivity index (χ1n) is 13.5. The predicted octanol–water partition coefficient (Wildman–Crippen LogP) is 4.45. The van der Waals surface area contributed by atoms with Crippen LogP contribution in [0.15, 0.2) is 47.4 Å². The zero-order chi connectivity index (χ0) is 26.3. The summed E-state index contributed by atoms with van der Waals surface area (Å²) in [4.78, 5) is 16.7. The zero-order valence-electron chi connectivity index (χ0n) is 21.8. The van der Waals surface area contributed by atoms with Gasteiger partial charge in [-0.1, -0.05) is 43.7 Å². The van der Waals surface area contributed by atoms with Gasteiger partial charge < -0.3 is 19.6 Å². The highest BCUT2D eigenvalue weighted by Crippen LogP contribution is 2.40. The highest BCUT2D eigenvalue weighted by molar-refractivity contribution is 7.89. The van der Waals surface area contributed by atoms with Gasteiger partial charge in [-0.25, -0.2) is 13.2 Å². The van der Waals surface area contributed by atoms with Crippen LogP contribution in [0.25, 0.3) is 0 Å². The van der Waals surface area contributed by atoms with Crippen LogP contribution in [0.5, 0.6) is 5.75 Å². The van der Waals surface area contributed by atoms with Crippen molar-refractivity contribution in [1.82, 2.24) is 9.21 Å². The Morgan fingerprint density at radius 1 is 1.00 bits per heavy atom. The molecule has 1 N–H and O–H groups in total. The molecular weight excluding hydrogens is 490 g/mol. The highest BCUT2D eigenvalue weighted by Gasteiger charge is 2.33. The van der Waals surface area contributed by atoms with E-state index in [0.29, 0.717) is 31.9 Å². The van der Waals surface area contributed by atoms with Gasteiger partial charge in [-0.15, -0.1) is 0 Å². The van der Waals surface area contributed by atoms with Crippen molar-refractivity contribution in [3.8, 4) is 5.75 Å². The number of hydrogen-bond donors (Lipinski definition) is 1. The van der Waals surface area contributed by atoms with Crippen LogP contribution in [-0.2, 0) is 16.6 Å². The van der Waals surface area contributed by atoms with Crippen LogP contribution in [0.3, 0.4) is 0 Å². The first kappa shape index (κ1) is 27.4. The minimum absolute atomic E-state index is 0.0393. The molecule has 37 heavy (non-hydrogen) atoms. The van der Waals surface area contributed by atoms with Crippen molar-refractivity contribution in [3.05, 3.63) is 53.6 Å². The summed E-state index contributed by atoms with van der Waals surface area (Å²) in [5.74, 6) is -0.901. The lowest BCUT2D eigenvalue weighted by molar-refractivity contribution is 0.0696. The Hall–Kier alpha value is -2.62. The fourth-order valence-corrected chi connectivity index (χ4v) is 6.74. The number of carboxylic acids is 1. The van der Waals surface area contributed by atoms with Crippen LogP contribution in [0, 0.1) is 0 Å². The fraction of sp³-hybridized carbons (Fsp3) is 0.536. The van der Waals surface area contributed by atoms with Crippen molar-refractivity contribution in [2.45, 2.75) is 57.0 Å². The number of hydrogen-bond acceptors (Lipinski definition) is 6. The topological polar surface area (TPSA) is 90.4 Å². The highest BCUT2D eigenvalue weighted by atomic mass is 32.2. The Morgan fingerprint density at radius 3 is 2.32 bits per heavy atom. The molecule has 0 bridgehead atoms. The molecule has 2 aromatic rings. The molecule has 2 aromatic carbocycles. The van der Waals surface area contributed by atoms with Gasteiger partial charge in [0.1, 0.15) is 11.5 Å². The number of rotatable bonds is 13. The second-order valence-electron chi connectivity index (χ2n) is 9.90. The lowest BCUT2D eigenvalue weighted by atomic mass is 10.1. The largest absolute Gasteiger partial charge is 0.485 e. The minimum Gasteiger partial charge on any atom is -0.485 e. The first-order valence-corrected chi connectivity index (χ1v) is 14.9. The molecule has 8 nitrogen and oxygen atoms in total. The van der Waals surface area contributed by atoms with Crippen LogP contribution >= 0.6 is 0 Å². The van der Waals surface area contributed by atoms with E-state index in [-0.39, 0.29) is 22.8 Å². The molecule has 2 aliphatic heterocycles. The number of unbranched alkanes of at least 4 members (excludes halogenated alkanes) is 1. The minimum atomic E-state index is -3.93. The van der Waals surface area contributed by atoms with Gasteiger partial charge in [-0.2, -0.15) is 4.31 Å². The Morgan fingerprint density at radius 2 is 1.68 bits per heavy atom. The maximum atomic E-state index is 13.8. The van der Waals surface area contributed by atoms with E-state index in [2.05, 4.69) is 16.7 Å². The van der Waals surface area contributed by atoms with Gasteiger partial charge in [-0.3, -0.25) is 0 Å². The molecular formula is C28H39N3O5S. The van der Waals surface area contributed by atoms with E-state index in [4.69, 9.17) is 4.74 Å². The summed E-state index contributed by atoms with van der Waals surface area (Å²) in [6.45, 7) is 7.49. The zero-order valence-corrected chi connectivity index (χ0v) is 22.6. The third kappa shape index (κ3) is 6.83. The van der Waals surface area contributed by atoms with Gasteiger partial charge in [0.05, 0.1) is 11.3 Å². The summed E-state index contributed by atoms with van der Waals surface area (Å²) in [5, 5.41) is 9.95. The van der Waals surface area contributed by atoms with Gasteiger partial charge in [-0.05, 0) is 62.9 Å². The molecule has 0 unspecified atom stereocenters. The van der Waals surface area contributed by atoms with E-state index in [1.807, 2.05) is 30.3 Å². The fourth-order valence-electron chi connectivity index (χ4n) is 5.05. The SMILES string of the molecule is CCCCN(CCN1CCCC1)c1cc(C(=O)O)cc(S(=O)(=O)N2CCCC2)c1OCc1ccccc1. The van der Waals surface area contributed by atoms with Crippen molar-refractivity contribution in [1.29, 1.82) is 0 Å². The Kier molecular flexibility index (Phi) is 9.45. The molecule has 2 heterocycles. The monoisotopic (exact) mass is 529 g/mol. The summed E-state index contributed by atoms with van der Waals surface area (Å²) in [6, 6.07) is 12.5. The molecule has 2 fully saturated rings. The van der Waals surface area contributed by atoms with Crippen LogP contribution < -0.4 is 9.64 Å². The van der Waals surface area contributed by atoms with E-state index >= 15 is 0 Å². The van der Waals surface area contributed by atoms with Gasteiger partial charge in [0.25, 0.3) is 0 Å². The Bertz CT molecular complexity index is 1140. The average Bonchev–Trinajstić information content (AvgIpc) is 3.63. The summed E-state index contributed by atoms with van der Waals surface area (Å²) in [6.07, 6.45) is 5.84. The van der Waals surface area contributed by atoms with E-state index in [9.17, 15) is 18.3 Å². The first-order chi connectivity index (χ1) is 17.9. The molecule has 0 amide bonds. The van der Waals surface area contributed by atoms with Gasteiger partial charge in [0, 0.05) is 32.7 Å². The standard InChI is InChI=1S/C28H39N3O5S/c1-2-3-15-30(19-18-29-13-7-8-14-29)25-20-24(28(32)33)21-26(37(34,35)31-16-9-10-17-31)27(25)36-22-23-11-5-4-6-12-23/h4-6,11-12,20-21H,2-3,7-10,13-19,22H2,1H3,(H,32,33). The molecule has 4 rings (SSSR count). The molecule has 0 saturated carbocycles. The maximum absolute atomic E-state index is 13.8. The molecule has 202 valence electrons. The number of ether oxygens (including phenoxy) is 1. The summed E-state index contributed by atoms with van der Waals surface area (Å²) in [5.41, 5.74) is 1.42. The van der Waals surface area contributed by atoms with E-state index in [1.54, 1.807) is 6.07 Å². The second kappa shape index (κ2) is 12.8. The molecule has 2 saturated heterocycles. The molecule has 0 aliphatic carbocycles. The molecule has 0 atom stereocenters. The molecule has 0 aromatic heterocycles. The lowest BCUT2D eigenvalue weighted by Gasteiger charge is -2.30. The molecule has 9 heteroatoms. The van der Waals surface area contributed by atoms with Gasteiger partial charge in [0.15, 0.2) is 5.75 Å². The van der Waals surface area contributed by atoms with Gasteiger partial charge >= 0.3 is 5.97 Å². The van der Waals surface area contributed by atoms with Crippen molar-refractivity contribution in [2.24, 2.45) is 0 Å². The summed E-state index contributed by atoms with van der Waals surface area (Å²) in [7, 11) is -3.93. The van der Waals surface area contributed by atoms with Crippen molar-refractivity contribution >= 4 is 21.7 Å². The number of benzene rings is 2. The Labute approximate surface area is 220 Å². The number of carbonyl (C=O) groups is 1. The van der Waals surface area contributed by atoms with E-state index in [0.717, 1.165) is 50.9 Å². The number of nitrogens with zero attached hydrogens (tertiary/aromatic N) is 3. The van der Waals surface area contributed by atoms with Crippen LogP contribution in [-0.4, -0.2) is 74.5 Å². The normalized spacial score (nSPS) is 16.8. The van der Waals surface area contributed by atoms with Crippen LogP contribution in [0.4, 0.5) is 5.69 Å². The quantitative estimate of drug-likeness (QED) is 0.410. The number of anilines is 1. The van der Waals surface area contributed by atoms with Gasteiger partial charge in [0.2, 0.25) is 10.0 Å². The maximum Gasteiger partial charge on any atom is 0.335 e. The number of carboxylic acid groups (broad SMARTS) is 1. The predicted molar refractivity (Wildman–Crippen MR) is 145 cm³/mol. The molecule has 0 spiro atoms. The Balaban J connectivity index is 1.79. The van der Waals surface area contributed by atoms with Crippen molar-refractivity contribution in [2.75, 3.05) is 50.7 Å². The molecule has 2 aliphatic rings. The van der Waals surface area contributed by atoms with Crippen molar-refractivity contribution < 1.29 is 23.1 Å². The van der Waals surface area contributed by atoms with E-state index < -0.39 is 16.0 Å². The third-order valence-electron chi connectivity index (χ3n) is 7.20. The van der Waals surface area contributed by atoms with Crippen molar-refractivity contribution in [3.63, 3.8) is 0 Å². The smallest absolute Gasteiger partial charge is 0.335 e. The number of likely N-dealkylation sites (tertiary alicyclic amines) is 1. The van der Waals surface area contributed by atoms with Crippen LogP contribution in [0.2, 0.25) is 0 Å². The number of aromatic carboxylic acids is 1. The number of sulfonamides is 1. The average molecular weight is 530 g/mol. The van der Waals surface area contributed by atoms with Crippen LogP contribution in [0.1, 0.15) is 61.4 Å². The third-order valence-corrected chi connectivity index (χ3v) is 9.10. The summed E-state index contributed by atoms with van der Waals surface area (Å²) >= 11 is 0. The molecule has 0 radical (unpaired) electrons.